The fourth-order valence-electron chi connectivity index (χ4n) is 3.58. The van der Waals surface area contributed by atoms with Crippen LogP contribution in [0.15, 0.2) is 54.1 Å². The summed E-state index contributed by atoms with van der Waals surface area (Å²) in [6.07, 6.45) is 6.80. The van der Waals surface area contributed by atoms with Gasteiger partial charge in [-0.2, -0.15) is 0 Å². The van der Waals surface area contributed by atoms with Crippen molar-refractivity contribution in [3.63, 3.8) is 0 Å². The largest absolute Gasteiger partial charge is 0.372 e. The number of carbonyl (C=O) groups excluding carboxylic acids is 1. The highest BCUT2D eigenvalue weighted by atomic mass is 32.1. The third kappa shape index (κ3) is 3.58. The summed E-state index contributed by atoms with van der Waals surface area (Å²) >= 11 is 1.72. The van der Waals surface area contributed by atoms with Crippen molar-refractivity contribution in [1.82, 2.24) is 0 Å². The number of carbonyl (C=O) groups is 1. The molecule has 1 fully saturated rings. The molecule has 1 aliphatic heterocycles. The average Bonchev–Trinajstić information content (AvgIpc) is 3.16. The zero-order valence-corrected chi connectivity index (χ0v) is 15.9. The second-order valence-electron chi connectivity index (χ2n) is 7.00. The summed E-state index contributed by atoms with van der Waals surface area (Å²) in [5, 5.41) is 2.57. The van der Waals surface area contributed by atoms with Crippen LogP contribution in [0.25, 0.3) is 27.3 Å². The first-order chi connectivity index (χ1) is 12.7. The molecule has 0 atom stereocenters. The second kappa shape index (κ2) is 7.46. The van der Waals surface area contributed by atoms with E-state index >= 15 is 0 Å². The second-order valence-corrected chi connectivity index (χ2v) is 8.12. The van der Waals surface area contributed by atoms with E-state index in [9.17, 15) is 4.79 Å². The lowest BCUT2D eigenvalue weighted by molar-refractivity contribution is -0.104. The molecule has 0 saturated carbocycles. The molecule has 4 rings (SSSR count). The number of nitrogens with zero attached hydrogens (tertiary/aromatic N) is 1. The van der Waals surface area contributed by atoms with Gasteiger partial charge >= 0.3 is 0 Å². The molecule has 3 aromatic rings. The van der Waals surface area contributed by atoms with Crippen LogP contribution in [0.5, 0.6) is 0 Å². The number of rotatable bonds is 4. The van der Waals surface area contributed by atoms with Crippen LogP contribution in [0.1, 0.15) is 31.1 Å². The van der Waals surface area contributed by atoms with E-state index in [0.29, 0.717) is 0 Å². The Balaban J connectivity index is 1.62. The highest BCUT2D eigenvalue weighted by Crippen LogP contribution is 2.33. The lowest BCUT2D eigenvalue weighted by atomic mass is 10.0. The van der Waals surface area contributed by atoms with Crippen LogP contribution in [0.3, 0.4) is 0 Å². The zero-order chi connectivity index (χ0) is 17.9. The van der Waals surface area contributed by atoms with Gasteiger partial charge in [0.2, 0.25) is 0 Å². The van der Waals surface area contributed by atoms with Gasteiger partial charge in [0.25, 0.3) is 0 Å². The van der Waals surface area contributed by atoms with E-state index in [1.165, 1.54) is 59.3 Å². The van der Waals surface area contributed by atoms with Gasteiger partial charge in [-0.3, -0.25) is 4.79 Å². The maximum atomic E-state index is 10.8. The number of anilines is 1. The molecule has 0 amide bonds. The Morgan fingerprint density at radius 1 is 0.962 bits per heavy atom. The molecule has 0 N–H and O–H groups in total. The molecule has 0 unspecified atom stereocenters. The number of thiophene rings is 1. The van der Waals surface area contributed by atoms with Gasteiger partial charge in [-0.05, 0) is 84.5 Å². The number of piperidine rings is 1. The maximum absolute atomic E-state index is 10.8. The van der Waals surface area contributed by atoms with Crippen molar-refractivity contribution in [2.45, 2.75) is 26.2 Å². The number of hydrogen-bond donors (Lipinski definition) is 0. The molecular weight excluding hydrogens is 338 g/mol. The molecule has 0 spiro atoms. The smallest absolute Gasteiger partial charge is 0.145 e. The van der Waals surface area contributed by atoms with Gasteiger partial charge in [0.05, 0.1) is 0 Å². The lowest BCUT2D eigenvalue weighted by Gasteiger charge is -2.29. The summed E-state index contributed by atoms with van der Waals surface area (Å²) in [4.78, 5) is 15.7. The fraction of sp³-hybridized carbons (Fsp3) is 0.261. The summed E-state index contributed by atoms with van der Waals surface area (Å²) in [5.74, 6) is 0. The van der Waals surface area contributed by atoms with Crippen LogP contribution in [0.4, 0.5) is 5.69 Å². The summed E-state index contributed by atoms with van der Waals surface area (Å²) in [7, 11) is 0. The third-order valence-corrected chi connectivity index (χ3v) is 6.09. The van der Waals surface area contributed by atoms with E-state index in [2.05, 4.69) is 53.4 Å². The predicted molar refractivity (Wildman–Crippen MR) is 113 cm³/mol. The molecule has 0 bridgehead atoms. The Hall–Kier alpha value is -2.39. The molecule has 0 aliphatic carbocycles. The molecule has 3 heteroatoms. The minimum atomic E-state index is 0.752. The van der Waals surface area contributed by atoms with E-state index in [1.807, 2.05) is 13.0 Å². The van der Waals surface area contributed by atoms with Crippen molar-refractivity contribution >= 4 is 40.2 Å². The highest BCUT2D eigenvalue weighted by Gasteiger charge is 2.11. The zero-order valence-electron chi connectivity index (χ0n) is 15.1. The van der Waals surface area contributed by atoms with Crippen molar-refractivity contribution in [3.05, 3.63) is 59.0 Å². The average molecular weight is 362 g/mol. The first-order valence-electron chi connectivity index (χ1n) is 9.25. The first kappa shape index (κ1) is 17.0. The van der Waals surface area contributed by atoms with E-state index < -0.39 is 0 Å². The van der Waals surface area contributed by atoms with Gasteiger partial charge in [-0.15, -0.1) is 11.3 Å². The van der Waals surface area contributed by atoms with Gasteiger partial charge in [0.15, 0.2) is 0 Å². The van der Waals surface area contributed by atoms with Crippen LogP contribution < -0.4 is 4.90 Å². The van der Waals surface area contributed by atoms with Crippen LogP contribution in [-0.4, -0.2) is 19.4 Å². The molecule has 0 radical (unpaired) electrons. The van der Waals surface area contributed by atoms with E-state index in [-0.39, 0.29) is 0 Å². The topological polar surface area (TPSA) is 20.3 Å². The molecule has 2 nitrogen and oxygen atoms in total. The summed E-state index contributed by atoms with van der Waals surface area (Å²) in [5.41, 5.74) is 3.33. The molecule has 1 aromatic heterocycles. The van der Waals surface area contributed by atoms with Gasteiger partial charge in [0, 0.05) is 28.5 Å². The lowest BCUT2D eigenvalue weighted by Crippen LogP contribution is -2.29. The number of fused-ring (bicyclic) bond motifs is 1. The predicted octanol–water partition coefficient (Wildman–Crippen LogP) is 6.16. The Bertz CT molecular complexity index is 963. The fourth-order valence-corrected chi connectivity index (χ4v) is 4.59. The molecule has 132 valence electrons. The van der Waals surface area contributed by atoms with Crippen molar-refractivity contribution in [2.75, 3.05) is 18.0 Å². The number of hydrogen-bond acceptors (Lipinski definition) is 3. The molecular formula is C23H23NOS. The maximum Gasteiger partial charge on any atom is 0.145 e. The van der Waals surface area contributed by atoms with Crippen molar-refractivity contribution in [1.29, 1.82) is 0 Å². The molecule has 1 saturated heterocycles. The van der Waals surface area contributed by atoms with E-state index in [4.69, 9.17) is 0 Å². The van der Waals surface area contributed by atoms with Gasteiger partial charge in [-0.1, -0.05) is 18.2 Å². The Kier molecular flexibility index (Phi) is 4.89. The first-order valence-corrected chi connectivity index (χ1v) is 10.1. The highest BCUT2D eigenvalue weighted by molar-refractivity contribution is 7.16. The van der Waals surface area contributed by atoms with E-state index in [1.54, 1.807) is 11.3 Å². The Morgan fingerprint density at radius 3 is 2.54 bits per heavy atom. The summed E-state index contributed by atoms with van der Waals surface area (Å²) < 4.78 is 0. The Labute approximate surface area is 158 Å². The number of allylic oxidation sites excluding steroid dienone is 1. The summed E-state index contributed by atoms with van der Waals surface area (Å²) in [6, 6.07) is 17.7. The van der Waals surface area contributed by atoms with Gasteiger partial charge in [-0.25, -0.2) is 0 Å². The molecule has 1 aliphatic rings. The number of aldehydes is 1. The summed E-state index contributed by atoms with van der Waals surface area (Å²) in [6.45, 7) is 4.19. The van der Waals surface area contributed by atoms with Crippen LogP contribution in [0, 0.1) is 0 Å². The van der Waals surface area contributed by atoms with Gasteiger partial charge < -0.3 is 4.90 Å². The van der Waals surface area contributed by atoms with Crippen LogP contribution >= 0.6 is 11.3 Å². The van der Waals surface area contributed by atoms with Crippen molar-refractivity contribution in [2.24, 2.45) is 0 Å². The van der Waals surface area contributed by atoms with Crippen LogP contribution in [0.2, 0.25) is 0 Å². The molecule has 2 heterocycles. The normalized spacial score (nSPS) is 15.4. The molecule has 2 aromatic carbocycles. The van der Waals surface area contributed by atoms with Crippen LogP contribution in [-0.2, 0) is 4.79 Å². The minimum Gasteiger partial charge on any atom is -0.372 e. The Morgan fingerprint density at radius 2 is 1.73 bits per heavy atom. The standard InChI is InChI=1S/C23H23NOS/c1-17(16-25)13-22-9-10-23(26-22)20-6-5-19-15-21(8-7-18(19)14-20)24-11-3-2-4-12-24/h5-10,13-16H,2-4,11-12H2,1H3/b17-13+. The quantitative estimate of drug-likeness (QED) is 0.410. The monoisotopic (exact) mass is 361 g/mol. The third-order valence-electron chi connectivity index (χ3n) is 5.01. The van der Waals surface area contributed by atoms with Gasteiger partial charge in [0.1, 0.15) is 6.29 Å². The SMILES string of the molecule is C/C(C=O)=C\c1ccc(-c2ccc3cc(N4CCCCC4)ccc3c2)s1. The van der Waals surface area contributed by atoms with E-state index in [0.717, 1.165) is 16.7 Å². The molecule has 26 heavy (non-hydrogen) atoms. The number of benzene rings is 2. The minimum absolute atomic E-state index is 0.752. The van der Waals surface area contributed by atoms with Crippen molar-refractivity contribution in [3.8, 4) is 10.4 Å². The van der Waals surface area contributed by atoms with Crippen molar-refractivity contribution < 1.29 is 4.79 Å².